The normalized spacial score (nSPS) is 18.8. The molecule has 1 aromatic rings. The molecule has 118 valence electrons. The van der Waals surface area contributed by atoms with Crippen molar-refractivity contribution in [1.29, 1.82) is 0 Å². The van der Waals surface area contributed by atoms with Crippen LogP contribution < -0.4 is 15.4 Å². The largest absolute Gasteiger partial charge is 0.491 e. The summed E-state index contributed by atoms with van der Waals surface area (Å²) in [6, 6.07) is 3.05. The van der Waals surface area contributed by atoms with Crippen molar-refractivity contribution in [2.45, 2.75) is 39.2 Å². The third-order valence-corrected chi connectivity index (χ3v) is 3.66. The van der Waals surface area contributed by atoms with Crippen molar-refractivity contribution >= 4 is 11.4 Å². The number of nitrogens with two attached hydrogens (primary N) is 1. The Kier molecular flexibility index (Phi) is 5.67. The Hall–Kier alpha value is -1.49. The summed E-state index contributed by atoms with van der Waals surface area (Å²) in [5, 5.41) is 0. The summed E-state index contributed by atoms with van der Waals surface area (Å²) < 4.78 is 24.9. The molecule has 0 aliphatic carbocycles. The van der Waals surface area contributed by atoms with Gasteiger partial charge < -0.3 is 20.1 Å². The van der Waals surface area contributed by atoms with Gasteiger partial charge in [-0.25, -0.2) is 4.39 Å². The first-order chi connectivity index (χ1) is 10.2. The van der Waals surface area contributed by atoms with Crippen LogP contribution in [0.3, 0.4) is 0 Å². The number of hydrogen-bond acceptors (Lipinski definition) is 4. The molecule has 0 saturated carbocycles. The highest BCUT2D eigenvalue weighted by molar-refractivity contribution is 5.70. The molecule has 1 heterocycles. The molecule has 1 aliphatic heterocycles. The number of anilines is 2. The van der Waals surface area contributed by atoms with Gasteiger partial charge in [0.2, 0.25) is 0 Å². The Morgan fingerprint density at radius 3 is 2.90 bits per heavy atom. The van der Waals surface area contributed by atoms with Crippen LogP contribution >= 0.6 is 0 Å². The predicted octanol–water partition coefficient (Wildman–Crippen LogP) is 3.20. The molecule has 1 aromatic carbocycles. The lowest BCUT2D eigenvalue weighted by Gasteiger charge is -2.35. The van der Waals surface area contributed by atoms with Crippen molar-refractivity contribution in [1.82, 2.24) is 0 Å². The highest BCUT2D eigenvalue weighted by Crippen LogP contribution is 2.33. The molecule has 0 radical (unpaired) electrons. The Labute approximate surface area is 126 Å². The molecule has 4 nitrogen and oxygen atoms in total. The SMILES string of the molecule is CCCOC1CCCN(c2cc(OCC)c(F)cc2N)C1. The zero-order valence-corrected chi connectivity index (χ0v) is 12.9. The smallest absolute Gasteiger partial charge is 0.167 e. The monoisotopic (exact) mass is 296 g/mol. The van der Waals surface area contributed by atoms with Gasteiger partial charge in [0.1, 0.15) is 0 Å². The van der Waals surface area contributed by atoms with Crippen LogP contribution in [0.2, 0.25) is 0 Å². The standard InChI is InChI=1S/C16H25FN2O2/c1-3-8-21-12-6-5-7-19(11-12)15-10-16(20-4-2)13(17)9-14(15)18/h9-10,12H,3-8,11,18H2,1-2H3. The Balaban J connectivity index is 2.14. The van der Waals surface area contributed by atoms with Crippen molar-refractivity contribution in [3.8, 4) is 5.75 Å². The number of hydrogen-bond donors (Lipinski definition) is 1. The van der Waals surface area contributed by atoms with Crippen LogP contribution in [-0.2, 0) is 4.74 Å². The number of nitrogen functional groups attached to an aromatic ring is 1. The van der Waals surface area contributed by atoms with Gasteiger partial charge in [-0.3, -0.25) is 0 Å². The maximum atomic E-state index is 13.8. The summed E-state index contributed by atoms with van der Waals surface area (Å²) in [7, 11) is 0. The van der Waals surface area contributed by atoms with Crippen molar-refractivity contribution < 1.29 is 13.9 Å². The van der Waals surface area contributed by atoms with Gasteiger partial charge in [0.15, 0.2) is 11.6 Å². The molecule has 1 unspecified atom stereocenters. The van der Waals surface area contributed by atoms with E-state index in [2.05, 4.69) is 11.8 Å². The molecule has 0 spiro atoms. The van der Waals surface area contributed by atoms with Crippen molar-refractivity contribution in [2.24, 2.45) is 0 Å². The minimum atomic E-state index is -0.408. The fourth-order valence-corrected chi connectivity index (χ4v) is 2.68. The third kappa shape index (κ3) is 4.00. The van der Waals surface area contributed by atoms with E-state index in [4.69, 9.17) is 15.2 Å². The van der Waals surface area contributed by atoms with E-state index in [1.54, 1.807) is 6.07 Å². The topological polar surface area (TPSA) is 47.7 Å². The first kappa shape index (κ1) is 15.9. The van der Waals surface area contributed by atoms with Crippen LogP contribution in [0.4, 0.5) is 15.8 Å². The number of rotatable bonds is 6. The van der Waals surface area contributed by atoms with Crippen LogP contribution in [0.1, 0.15) is 33.1 Å². The second-order valence-corrected chi connectivity index (χ2v) is 5.36. The number of benzene rings is 1. The molecule has 0 bridgehead atoms. The summed E-state index contributed by atoms with van der Waals surface area (Å²) in [5.74, 6) is -0.146. The summed E-state index contributed by atoms with van der Waals surface area (Å²) in [6.07, 6.45) is 3.35. The minimum Gasteiger partial charge on any atom is -0.491 e. The first-order valence-corrected chi connectivity index (χ1v) is 7.74. The van der Waals surface area contributed by atoms with Crippen molar-refractivity contribution in [2.75, 3.05) is 36.9 Å². The molecule has 2 N–H and O–H groups in total. The van der Waals surface area contributed by atoms with E-state index in [1.165, 1.54) is 6.07 Å². The predicted molar refractivity (Wildman–Crippen MR) is 83.5 cm³/mol. The van der Waals surface area contributed by atoms with Crippen LogP contribution in [0.25, 0.3) is 0 Å². The van der Waals surface area contributed by atoms with Crippen LogP contribution in [0, 0.1) is 5.82 Å². The zero-order valence-electron chi connectivity index (χ0n) is 12.9. The fourth-order valence-electron chi connectivity index (χ4n) is 2.68. The summed E-state index contributed by atoms with van der Waals surface area (Å²) in [6.45, 7) is 6.86. The maximum Gasteiger partial charge on any atom is 0.167 e. The second kappa shape index (κ2) is 7.50. The average Bonchev–Trinajstić information content (AvgIpc) is 2.48. The first-order valence-electron chi connectivity index (χ1n) is 7.74. The molecule has 0 amide bonds. The lowest BCUT2D eigenvalue weighted by atomic mass is 10.1. The van der Waals surface area contributed by atoms with E-state index >= 15 is 0 Å². The Bertz CT molecular complexity index is 468. The minimum absolute atomic E-state index is 0.221. The molecule has 5 heteroatoms. The van der Waals surface area contributed by atoms with Gasteiger partial charge in [-0.15, -0.1) is 0 Å². The van der Waals surface area contributed by atoms with Gasteiger partial charge in [-0.2, -0.15) is 0 Å². The summed E-state index contributed by atoms with van der Waals surface area (Å²) in [5.41, 5.74) is 7.27. The molecule has 1 saturated heterocycles. The zero-order chi connectivity index (χ0) is 15.2. The van der Waals surface area contributed by atoms with Gasteiger partial charge >= 0.3 is 0 Å². The van der Waals surface area contributed by atoms with Gasteiger partial charge in [0.05, 0.1) is 24.1 Å². The van der Waals surface area contributed by atoms with Gasteiger partial charge in [-0.05, 0) is 26.2 Å². The fraction of sp³-hybridized carbons (Fsp3) is 0.625. The molecule has 21 heavy (non-hydrogen) atoms. The molecule has 1 fully saturated rings. The molecule has 2 rings (SSSR count). The van der Waals surface area contributed by atoms with Gasteiger partial charge in [0.25, 0.3) is 0 Å². The Morgan fingerprint density at radius 1 is 1.38 bits per heavy atom. The molecule has 1 aliphatic rings. The number of piperidine rings is 1. The summed E-state index contributed by atoms with van der Waals surface area (Å²) >= 11 is 0. The van der Waals surface area contributed by atoms with E-state index < -0.39 is 5.82 Å². The van der Waals surface area contributed by atoms with Crippen molar-refractivity contribution in [3.63, 3.8) is 0 Å². The maximum absolute atomic E-state index is 13.8. The van der Waals surface area contributed by atoms with E-state index in [1.807, 2.05) is 6.92 Å². The van der Waals surface area contributed by atoms with E-state index in [0.29, 0.717) is 12.3 Å². The number of ether oxygens (including phenoxy) is 2. The van der Waals surface area contributed by atoms with E-state index in [-0.39, 0.29) is 11.9 Å². The molecule has 0 aromatic heterocycles. The molecular weight excluding hydrogens is 271 g/mol. The lowest BCUT2D eigenvalue weighted by Crippen LogP contribution is -2.40. The quantitative estimate of drug-likeness (QED) is 0.819. The Morgan fingerprint density at radius 2 is 2.19 bits per heavy atom. The van der Waals surface area contributed by atoms with Gasteiger partial charge in [-0.1, -0.05) is 6.92 Å². The third-order valence-electron chi connectivity index (χ3n) is 3.66. The lowest BCUT2D eigenvalue weighted by molar-refractivity contribution is 0.0441. The molecule has 1 atom stereocenters. The average molecular weight is 296 g/mol. The number of halogens is 1. The van der Waals surface area contributed by atoms with Crippen LogP contribution in [0.5, 0.6) is 5.75 Å². The molecular formula is C16H25FN2O2. The van der Waals surface area contributed by atoms with Crippen LogP contribution in [0.15, 0.2) is 12.1 Å². The number of nitrogens with zero attached hydrogens (tertiary/aromatic N) is 1. The highest BCUT2D eigenvalue weighted by Gasteiger charge is 2.23. The highest BCUT2D eigenvalue weighted by atomic mass is 19.1. The van der Waals surface area contributed by atoms with Gasteiger partial charge in [0, 0.05) is 31.8 Å². The van der Waals surface area contributed by atoms with Crippen molar-refractivity contribution in [3.05, 3.63) is 17.9 Å². The summed E-state index contributed by atoms with van der Waals surface area (Å²) in [4.78, 5) is 2.17. The van der Waals surface area contributed by atoms with E-state index in [9.17, 15) is 4.39 Å². The van der Waals surface area contributed by atoms with E-state index in [0.717, 1.165) is 44.6 Å². The van der Waals surface area contributed by atoms with Crippen LogP contribution in [-0.4, -0.2) is 32.4 Å². The second-order valence-electron chi connectivity index (χ2n) is 5.36.